The second kappa shape index (κ2) is 5.91. The smallest absolute Gasteiger partial charge is 0.274 e. The van der Waals surface area contributed by atoms with E-state index in [1.807, 2.05) is 35.7 Å². The minimum atomic E-state index is -0.0563. The number of nitrogens with one attached hydrogen (secondary N) is 1. The fourth-order valence-corrected chi connectivity index (χ4v) is 3.72. The molecule has 0 aromatic carbocycles. The highest BCUT2D eigenvalue weighted by Gasteiger charge is 2.34. The maximum Gasteiger partial charge on any atom is 0.274 e. The molecule has 0 radical (unpaired) electrons. The zero-order chi connectivity index (χ0) is 17.6. The first-order chi connectivity index (χ1) is 12.1. The van der Waals surface area contributed by atoms with Crippen LogP contribution in [-0.4, -0.2) is 37.3 Å². The number of aromatic nitrogens is 4. The number of nitrogens with zero attached hydrogens (tertiary/aromatic N) is 4. The van der Waals surface area contributed by atoms with Gasteiger partial charge in [-0.25, -0.2) is 0 Å². The van der Waals surface area contributed by atoms with Gasteiger partial charge >= 0.3 is 0 Å². The molecule has 1 amide bonds. The first-order valence-corrected chi connectivity index (χ1v) is 8.46. The zero-order valence-electron chi connectivity index (χ0n) is 14.6. The topological polar surface area (TPSA) is 80.0 Å². The van der Waals surface area contributed by atoms with Crippen LogP contribution in [0.1, 0.15) is 46.3 Å². The number of H-pyrrole nitrogens is 1. The summed E-state index contributed by atoms with van der Waals surface area (Å²) in [4.78, 5) is 14.9. The summed E-state index contributed by atoms with van der Waals surface area (Å²) in [6, 6.07) is 5.45. The predicted octanol–water partition coefficient (Wildman–Crippen LogP) is 3.00. The fraction of sp³-hybridized carbons (Fsp3) is 0.389. The lowest BCUT2D eigenvalue weighted by atomic mass is 10.0. The van der Waals surface area contributed by atoms with Gasteiger partial charge < -0.3 is 9.32 Å². The molecule has 3 aromatic heterocycles. The Morgan fingerprint density at radius 2 is 2.24 bits per heavy atom. The highest BCUT2D eigenvalue weighted by molar-refractivity contribution is 5.93. The maximum absolute atomic E-state index is 13.0. The molecular weight excluding hydrogens is 318 g/mol. The average Bonchev–Trinajstić information content (AvgIpc) is 3.34. The molecule has 1 N–H and O–H groups in total. The third-order valence-corrected chi connectivity index (χ3v) is 5.00. The first-order valence-electron chi connectivity index (χ1n) is 8.46. The Labute approximate surface area is 145 Å². The normalized spacial score (nSPS) is 17.4. The highest BCUT2D eigenvalue weighted by Crippen LogP contribution is 2.36. The van der Waals surface area contributed by atoms with Crippen molar-refractivity contribution in [3.63, 3.8) is 0 Å². The van der Waals surface area contributed by atoms with Crippen LogP contribution in [0.2, 0.25) is 0 Å². The van der Waals surface area contributed by atoms with E-state index in [1.54, 1.807) is 12.3 Å². The van der Waals surface area contributed by atoms with E-state index in [-0.39, 0.29) is 11.9 Å². The van der Waals surface area contributed by atoms with Gasteiger partial charge in [0.15, 0.2) is 11.5 Å². The average molecular weight is 339 g/mol. The van der Waals surface area contributed by atoms with Crippen molar-refractivity contribution in [2.24, 2.45) is 7.05 Å². The Bertz CT molecular complexity index is 906. The van der Waals surface area contributed by atoms with Crippen molar-refractivity contribution in [1.82, 2.24) is 24.9 Å². The van der Waals surface area contributed by atoms with Crippen molar-refractivity contribution in [3.05, 3.63) is 47.1 Å². The van der Waals surface area contributed by atoms with E-state index in [0.717, 1.165) is 36.3 Å². The van der Waals surface area contributed by atoms with Crippen LogP contribution in [0.25, 0.3) is 11.5 Å². The summed E-state index contributed by atoms with van der Waals surface area (Å²) in [6.07, 6.45) is 3.54. The lowest BCUT2D eigenvalue weighted by Gasteiger charge is -2.24. The number of aryl methyl sites for hydroxylation is 2. The van der Waals surface area contributed by atoms with Gasteiger partial charge in [-0.2, -0.15) is 10.2 Å². The van der Waals surface area contributed by atoms with E-state index >= 15 is 0 Å². The molecule has 1 fully saturated rings. The van der Waals surface area contributed by atoms with Gasteiger partial charge in [0.2, 0.25) is 0 Å². The Kier molecular flexibility index (Phi) is 3.71. The van der Waals surface area contributed by atoms with Crippen molar-refractivity contribution < 1.29 is 9.21 Å². The van der Waals surface area contributed by atoms with Crippen LogP contribution in [0, 0.1) is 13.8 Å². The summed E-state index contributed by atoms with van der Waals surface area (Å²) in [5, 5.41) is 11.6. The number of rotatable bonds is 3. The molecule has 25 heavy (non-hydrogen) atoms. The molecule has 0 spiro atoms. The summed E-state index contributed by atoms with van der Waals surface area (Å²) < 4.78 is 7.24. The number of aromatic amines is 1. The van der Waals surface area contributed by atoms with Crippen LogP contribution in [-0.2, 0) is 7.05 Å². The van der Waals surface area contributed by atoms with Gasteiger partial charge in [0.1, 0.15) is 5.69 Å². The van der Waals surface area contributed by atoms with Crippen LogP contribution in [0.3, 0.4) is 0 Å². The third kappa shape index (κ3) is 2.56. The number of carbonyl (C=O) groups is 1. The van der Waals surface area contributed by atoms with Crippen LogP contribution in [0.5, 0.6) is 0 Å². The van der Waals surface area contributed by atoms with Gasteiger partial charge in [-0.1, -0.05) is 0 Å². The number of amides is 1. The van der Waals surface area contributed by atoms with E-state index in [9.17, 15) is 4.79 Å². The zero-order valence-corrected chi connectivity index (χ0v) is 14.6. The second-order valence-corrected chi connectivity index (χ2v) is 6.51. The number of hydrogen-bond acceptors (Lipinski definition) is 4. The molecule has 0 saturated carbocycles. The van der Waals surface area contributed by atoms with Gasteiger partial charge in [0, 0.05) is 30.9 Å². The molecule has 3 aromatic rings. The van der Waals surface area contributed by atoms with Crippen molar-refractivity contribution in [2.45, 2.75) is 32.7 Å². The minimum Gasteiger partial charge on any atom is -0.463 e. The Morgan fingerprint density at radius 3 is 2.92 bits per heavy atom. The molecule has 1 aliphatic heterocycles. The Hall–Kier alpha value is -2.83. The second-order valence-electron chi connectivity index (χ2n) is 6.51. The van der Waals surface area contributed by atoms with Crippen LogP contribution in [0.4, 0.5) is 0 Å². The van der Waals surface area contributed by atoms with E-state index < -0.39 is 0 Å². The molecular formula is C18H21N5O2. The number of hydrogen-bond donors (Lipinski definition) is 1. The molecule has 1 aliphatic rings. The summed E-state index contributed by atoms with van der Waals surface area (Å²) in [7, 11) is 1.94. The summed E-state index contributed by atoms with van der Waals surface area (Å²) in [6.45, 7) is 4.80. The van der Waals surface area contributed by atoms with Crippen molar-refractivity contribution in [1.29, 1.82) is 0 Å². The molecule has 7 nitrogen and oxygen atoms in total. The lowest BCUT2D eigenvalue weighted by Crippen LogP contribution is -2.31. The largest absolute Gasteiger partial charge is 0.463 e. The van der Waals surface area contributed by atoms with Crippen molar-refractivity contribution in [3.8, 4) is 11.5 Å². The predicted molar refractivity (Wildman–Crippen MR) is 92.0 cm³/mol. The van der Waals surface area contributed by atoms with E-state index in [2.05, 4.69) is 22.2 Å². The van der Waals surface area contributed by atoms with E-state index in [0.29, 0.717) is 17.1 Å². The van der Waals surface area contributed by atoms with Crippen LogP contribution >= 0.6 is 0 Å². The molecule has 1 saturated heterocycles. The summed E-state index contributed by atoms with van der Waals surface area (Å²) >= 11 is 0. The van der Waals surface area contributed by atoms with Gasteiger partial charge in [-0.15, -0.1) is 0 Å². The quantitative estimate of drug-likeness (QED) is 0.795. The lowest BCUT2D eigenvalue weighted by molar-refractivity contribution is 0.0729. The van der Waals surface area contributed by atoms with Crippen molar-refractivity contribution in [2.75, 3.05) is 6.54 Å². The highest BCUT2D eigenvalue weighted by atomic mass is 16.3. The maximum atomic E-state index is 13.0. The van der Waals surface area contributed by atoms with Crippen molar-refractivity contribution >= 4 is 5.91 Å². The van der Waals surface area contributed by atoms with E-state index in [1.165, 1.54) is 0 Å². The molecule has 130 valence electrons. The van der Waals surface area contributed by atoms with Gasteiger partial charge in [-0.05, 0) is 38.8 Å². The van der Waals surface area contributed by atoms with E-state index in [4.69, 9.17) is 4.42 Å². The van der Waals surface area contributed by atoms with Crippen LogP contribution in [0.15, 0.2) is 28.9 Å². The fourth-order valence-electron chi connectivity index (χ4n) is 3.72. The Balaban J connectivity index is 1.63. The SMILES string of the molecule is Cc1nn(C)c(C)c1C1CCCN1C(=O)c1cc(-c2ccco2)[nH]n1. The summed E-state index contributed by atoms with van der Waals surface area (Å²) in [5.74, 6) is 0.614. The monoisotopic (exact) mass is 339 g/mol. The number of likely N-dealkylation sites (tertiary alicyclic amines) is 1. The first kappa shape index (κ1) is 15.7. The third-order valence-electron chi connectivity index (χ3n) is 5.00. The Morgan fingerprint density at radius 1 is 1.40 bits per heavy atom. The number of furan rings is 1. The van der Waals surface area contributed by atoms with Crippen LogP contribution < -0.4 is 0 Å². The van der Waals surface area contributed by atoms with Gasteiger partial charge in [-0.3, -0.25) is 14.6 Å². The molecule has 1 unspecified atom stereocenters. The molecule has 0 aliphatic carbocycles. The molecule has 7 heteroatoms. The molecule has 1 atom stereocenters. The summed E-state index contributed by atoms with van der Waals surface area (Å²) in [5.41, 5.74) is 4.38. The minimum absolute atomic E-state index is 0.0563. The number of carbonyl (C=O) groups excluding carboxylic acids is 1. The van der Waals surface area contributed by atoms with Gasteiger partial charge in [0.05, 0.1) is 18.0 Å². The molecule has 4 rings (SSSR count). The molecule has 0 bridgehead atoms. The standard InChI is InChI=1S/C18H21N5O2/c1-11-17(12(2)22(3)21-11)15-6-4-8-23(15)18(24)14-10-13(19-20-14)16-7-5-9-25-16/h5,7,9-10,15H,4,6,8H2,1-3H3,(H,19,20). The molecule has 4 heterocycles. The van der Waals surface area contributed by atoms with Gasteiger partial charge in [0.25, 0.3) is 5.91 Å².